The number of aliphatic imine (C=N–C) groups is 1. The number of amides is 3. The van der Waals surface area contributed by atoms with Crippen LogP contribution in [0.15, 0.2) is 113 Å². The summed E-state index contributed by atoms with van der Waals surface area (Å²) in [7, 11) is 0. The Labute approximate surface area is 237 Å². The normalized spacial score (nSPS) is 14.6. The Morgan fingerprint density at radius 3 is 2.33 bits per heavy atom. The number of fused-ring (bicyclic) bond motifs is 1. The molecule has 1 heterocycles. The van der Waals surface area contributed by atoms with Gasteiger partial charge < -0.3 is 15.5 Å². The lowest BCUT2D eigenvalue weighted by Gasteiger charge is -2.25. The molecule has 40 heavy (non-hydrogen) atoms. The molecule has 4 aromatic rings. The van der Waals surface area contributed by atoms with E-state index < -0.39 is 18.1 Å². The number of ketones is 1. The molecule has 0 saturated heterocycles. The minimum Gasteiger partial charge on any atom is -0.308 e. The van der Waals surface area contributed by atoms with Crippen molar-refractivity contribution in [3.05, 3.63) is 125 Å². The number of nitrogens with one attached hydrogen (secondary N) is 2. The van der Waals surface area contributed by atoms with Crippen molar-refractivity contribution in [2.45, 2.75) is 18.0 Å². The number of Topliss-reactive ketones (excluding diaryl/α,β-unsaturated/α-hetero) is 1. The van der Waals surface area contributed by atoms with E-state index in [2.05, 4.69) is 10.6 Å². The fourth-order valence-electron chi connectivity index (χ4n) is 4.66. The fourth-order valence-corrected chi connectivity index (χ4v) is 5.21. The highest BCUT2D eigenvalue weighted by molar-refractivity contribution is 7.98. The van der Waals surface area contributed by atoms with Crippen molar-refractivity contribution in [2.75, 3.05) is 23.0 Å². The van der Waals surface area contributed by atoms with E-state index in [0.717, 1.165) is 16.0 Å². The van der Waals surface area contributed by atoms with Gasteiger partial charge in [0.1, 0.15) is 0 Å². The Hall–Kier alpha value is -4.69. The quantitative estimate of drug-likeness (QED) is 0.221. The Bertz CT molecular complexity index is 1600. The van der Waals surface area contributed by atoms with Crippen LogP contribution in [0, 0.1) is 6.92 Å². The fraction of sp³-hybridized carbons (Fsp3) is 0.125. The number of carbonyl (C=O) groups is 3. The Morgan fingerprint density at radius 2 is 1.55 bits per heavy atom. The topological polar surface area (TPSA) is 90.9 Å². The molecule has 1 aliphatic rings. The maximum Gasteiger partial charge on any atom is 0.321 e. The zero-order valence-electron chi connectivity index (χ0n) is 22.1. The summed E-state index contributed by atoms with van der Waals surface area (Å²) in [4.78, 5) is 47.8. The number of nitrogens with zero attached hydrogens (tertiary/aromatic N) is 2. The summed E-state index contributed by atoms with van der Waals surface area (Å²) in [5.74, 6) is -0.713. The average Bonchev–Trinajstić information content (AvgIpc) is 3.09. The first kappa shape index (κ1) is 26.9. The third kappa shape index (κ3) is 5.67. The minimum atomic E-state index is -1.27. The van der Waals surface area contributed by atoms with Gasteiger partial charge in [-0.25, -0.2) is 9.79 Å². The van der Waals surface area contributed by atoms with E-state index >= 15 is 0 Å². The minimum absolute atomic E-state index is 0.201. The monoisotopic (exact) mass is 548 g/mol. The second kappa shape index (κ2) is 12.0. The van der Waals surface area contributed by atoms with E-state index in [4.69, 9.17) is 4.99 Å². The van der Waals surface area contributed by atoms with Crippen molar-refractivity contribution in [1.82, 2.24) is 5.32 Å². The standard InChI is InChI=1S/C32H28N4O3S/c1-21-12-6-7-15-23(21)27(37)20-36-26-18-10-8-16-24(26)29(22-13-4-3-5-14-22)34-30(31(36)38)35-32(39)33-25-17-9-11-19-28(25)40-2/h3-19,30H,20H2,1-2H3,(H2,33,35,39)/t30-/m0/s1. The van der Waals surface area contributed by atoms with E-state index in [-0.39, 0.29) is 12.3 Å². The summed E-state index contributed by atoms with van der Waals surface area (Å²) in [6, 6.07) is 31.0. The van der Waals surface area contributed by atoms with Crippen LogP contribution in [0.3, 0.4) is 0 Å². The molecule has 0 spiro atoms. The molecule has 0 radical (unpaired) electrons. The molecule has 7 nitrogen and oxygen atoms in total. The smallest absolute Gasteiger partial charge is 0.308 e. The van der Waals surface area contributed by atoms with Crippen LogP contribution in [0.25, 0.3) is 0 Å². The molecule has 0 aliphatic carbocycles. The number of carbonyl (C=O) groups excluding carboxylic acids is 3. The number of benzodiazepines with no additional fused rings is 1. The first-order valence-electron chi connectivity index (χ1n) is 12.8. The van der Waals surface area contributed by atoms with Crippen molar-refractivity contribution >= 4 is 46.6 Å². The number of hydrogen-bond acceptors (Lipinski definition) is 5. The predicted molar refractivity (Wildman–Crippen MR) is 161 cm³/mol. The number of urea groups is 1. The largest absolute Gasteiger partial charge is 0.321 e. The first-order chi connectivity index (χ1) is 19.5. The molecular formula is C32H28N4O3S. The molecule has 0 unspecified atom stereocenters. The van der Waals surface area contributed by atoms with Crippen LogP contribution in [-0.4, -0.2) is 42.4 Å². The molecule has 1 atom stereocenters. The molecule has 0 saturated carbocycles. The Kier molecular flexibility index (Phi) is 8.07. The van der Waals surface area contributed by atoms with Gasteiger partial charge in [0.05, 0.1) is 23.6 Å². The summed E-state index contributed by atoms with van der Waals surface area (Å²) in [5.41, 5.74) is 4.56. The molecule has 2 N–H and O–H groups in total. The summed E-state index contributed by atoms with van der Waals surface area (Å²) in [6.07, 6.45) is 0.651. The van der Waals surface area contributed by atoms with Gasteiger partial charge in [0.15, 0.2) is 5.78 Å². The van der Waals surface area contributed by atoms with Crippen molar-refractivity contribution in [3.63, 3.8) is 0 Å². The molecule has 3 amide bonds. The van der Waals surface area contributed by atoms with Crippen LogP contribution in [-0.2, 0) is 4.79 Å². The van der Waals surface area contributed by atoms with Gasteiger partial charge in [-0.2, -0.15) is 0 Å². The van der Waals surface area contributed by atoms with E-state index in [1.165, 1.54) is 16.7 Å². The first-order valence-corrected chi connectivity index (χ1v) is 14.0. The number of aryl methyl sites for hydroxylation is 1. The highest BCUT2D eigenvalue weighted by Crippen LogP contribution is 2.29. The summed E-state index contributed by atoms with van der Waals surface area (Å²) < 4.78 is 0. The second-order valence-corrected chi connectivity index (χ2v) is 10.1. The molecule has 4 aromatic carbocycles. The second-order valence-electron chi connectivity index (χ2n) is 9.22. The zero-order valence-corrected chi connectivity index (χ0v) is 22.9. The van der Waals surface area contributed by atoms with E-state index in [9.17, 15) is 14.4 Å². The maximum absolute atomic E-state index is 14.1. The molecule has 0 bridgehead atoms. The lowest BCUT2D eigenvalue weighted by molar-refractivity contribution is -0.120. The molecule has 200 valence electrons. The summed E-state index contributed by atoms with van der Waals surface area (Å²) in [6.45, 7) is 1.66. The van der Waals surface area contributed by atoms with Gasteiger partial charge in [-0.3, -0.25) is 9.59 Å². The van der Waals surface area contributed by atoms with Gasteiger partial charge >= 0.3 is 6.03 Å². The summed E-state index contributed by atoms with van der Waals surface area (Å²) in [5, 5.41) is 5.58. The van der Waals surface area contributed by atoms with Gasteiger partial charge in [-0.1, -0.05) is 84.9 Å². The molecule has 8 heteroatoms. The van der Waals surface area contributed by atoms with Gasteiger partial charge in [0, 0.05) is 21.6 Å². The third-order valence-corrected chi connectivity index (χ3v) is 7.42. The van der Waals surface area contributed by atoms with Crippen molar-refractivity contribution < 1.29 is 14.4 Å². The van der Waals surface area contributed by atoms with Crippen molar-refractivity contribution in [3.8, 4) is 0 Å². The highest BCUT2D eigenvalue weighted by atomic mass is 32.2. The number of benzene rings is 4. The Balaban J connectivity index is 1.54. The Morgan fingerprint density at radius 1 is 0.875 bits per heavy atom. The van der Waals surface area contributed by atoms with Crippen LogP contribution in [0.1, 0.15) is 27.0 Å². The van der Waals surface area contributed by atoms with Gasteiger partial charge in [0.25, 0.3) is 5.91 Å². The number of thioether (sulfide) groups is 1. The van der Waals surface area contributed by atoms with Crippen LogP contribution < -0.4 is 15.5 Å². The van der Waals surface area contributed by atoms with Crippen LogP contribution in [0.2, 0.25) is 0 Å². The predicted octanol–water partition coefficient (Wildman–Crippen LogP) is 5.93. The molecule has 0 aromatic heterocycles. The van der Waals surface area contributed by atoms with Gasteiger partial charge in [-0.05, 0) is 36.9 Å². The average molecular weight is 549 g/mol. The lowest BCUT2D eigenvalue weighted by Crippen LogP contribution is -2.50. The number of anilines is 2. The number of para-hydroxylation sites is 2. The molecule has 5 rings (SSSR count). The molecular weight excluding hydrogens is 520 g/mol. The maximum atomic E-state index is 14.1. The van der Waals surface area contributed by atoms with Crippen LogP contribution in [0.4, 0.5) is 16.2 Å². The van der Waals surface area contributed by atoms with Crippen LogP contribution >= 0.6 is 11.8 Å². The zero-order chi connectivity index (χ0) is 28.1. The SMILES string of the molecule is CSc1ccccc1NC(=O)N[C@@H]1N=C(c2ccccc2)c2ccccc2N(CC(=O)c2ccccc2C)C1=O. The van der Waals surface area contributed by atoms with Crippen molar-refractivity contribution in [1.29, 1.82) is 0 Å². The number of rotatable bonds is 7. The van der Waals surface area contributed by atoms with E-state index in [1.807, 2.05) is 92.0 Å². The van der Waals surface area contributed by atoms with E-state index in [0.29, 0.717) is 28.2 Å². The van der Waals surface area contributed by atoms with Gasteiger partial charge in [0.2, 0.25) is 6.17 Å². The summed E-state index contributed by atoms with van der Waals surface area (Å²) >= 11 is 1.50. The third-order valence-electron chi connectivity index (χ3n) is 6.63. The lowest BCUT2D eigenvalue weighted by atomic mass is 9.99. The van der Waals surface area contributed by atoms with E-state index in [1.54, 1.807) is 24.3 Å². The number of hydrogen-bond donors (Lipinski definition) is 2. The molecule has 0 fully saturated rings. The molecule has 1 aliphatic heterocycles. The van der Waals surface area contributed by atoms with Gasteiger partial charge in [-0.15, -0.1) is 11.8 Å². The highest BCUT2D eigenvalue weighted by Gasteiger charge is 2.34. The van der Waals surface area contributed by atoms with Crippen molar-refractivity contribution in [2.24, 2.45) is 4.99 Å². The van der Waals surface area contributed by atoms with Crippen LogP contribution in [0.5, 0.6) is 0 Å².